The molecule has 0 bridgehead atoms. The molecule has 1 aliphatic heterocycles. The van der Waals surface area contributed by atoms with E-state index >= 15 is 0 Å². The van der Waals surface area contributed by atoms with Crippen LogP contribution < -0.4 is 30.6 Å². The molecule has 0 spiro atoms. The molecule has 4 N–H and O–H groups in total. The Bertz CT molecular complexity index is 1660. The van der Waals surface area contributed by atoms with Crippen LogP contribution in [0.3, 0.4) is 0 Å². The zero-order valence-electron chi connectivity index (χ0n) is 23.6. The molecule has 0 radical (unpaired) electrons. The first kappa shape index (κ1) is 29.3. The fraction of sp³-hybridized carbons (Fsp3) is 0.121. The summed E-state index contributed by atoms with van der Waals surface area (Å²) in [5.74, 6) is 1.75. The fourth-order valence-corrected chi connectivity index (χ4v) is 5.35. The number of carbonyl (C=O) groups excluding carboxylic acids is 2. The highest BCUT2D eigenvalue weighted by Gasteiger charge is 2.38. The quantitative estimate of drug-likeness (QED) is 0.191. The largest absolute Gasteiger partial charge is 0.497 e. The maximum atomic E-state index is 13.5. The molecule has 218 valence electrons. The molecule has 4 aromatic rings. The molecule has 4 aromatic carbocycles. The summed E-state index contributed by atoms with van der Waals surface area (Å²) in [7, 11) is 1.55. The van der Waals surface area contributed by atoms with Crippen molar-refractivity contribution in [1.82, 2.24) is 0 Å². The molecule has 0 aromatic heterocycles. The van der Waals surface area contributed by atoms with E-state index in [0.717, 1.165) is 11.8 Å². The lowest BCUT2D eigenvalue weighted by Gasteiger charge is -2.12. The topological polar surface area (TPSA) is 124 Å². The van der Waals surface area contributed by atoms with Gasteiger partial charge in [-0.05, 0) is 79.7 Å². The van der Waals surface area contributed by atoms with Crippen molar-refractivity contribution >= 4 is 45.7 Å². The van der Waals surface area contributed by atoms with Gasteiger partial charge in [0, 0.05) is 23.1 Å². The summed E-state index contributed by atoms with van der Waals surface area (Å²) in [5, 5.41) is 5.18. The maximum Gasteiger partial charge on any atom is 0.260 e. The molecule has 43 heavy (non-hydrogen) atoms. The molecule has 1 unspecified atom stereocenters. The number of aliphatic imine (C=N–C) groups is 1. The van der Waals surface area contributed by atoms with Gasteiger partial charge in [0.15, 0.2) is 0 Å². The molecule has 2 amide bonds. The summed E-state index contributed by atoms with van der Waals surface area (Å²) in [4.78, 5) is 31.6. The van der Waals surface area contributed by atoms with E-state index in [9.17, 15) is 9.59 Å². The Kier molecular flexibility index (Phi) is 9.28. The second-order valence-electron chi connectivity index (χ2n) is 9.29. The normalized spacial score (nSPS) is 15.2. The van der Waals surface area contributed by atoms with E-state index in [4.69, 9.17) is 19.9 Å². The molecule has 0 fully saturated rings. The number of nitrogens with one attached hydrogen (secondary N) is 2. The summed E-state index contributed by atoms with van der Waals surface area (Å²) in [6, 6.07) is 30.5. The number of hydrogen-bond donors (Lipinski definition) is 3. The molecular weight excluding hydrogens is 564 g/mol. The number of benzene rings is 4. The number of anilines is 2. The third-order valence-corrected chi connectivity index (χ3v) is 7.51. The predicted octanol–water partition coefficient (Wildman–Crippen LogP) is 6.52. The van der Waals surface area contributed by atoms with Gasteiger partial charge in [-0.15, -0.1) is 0 Å². The molecule has 1 atom stereocenters. The molecular formula is C33H30N4O5S. The average Bonchev–Trinajstić information content (AvgIpc) is 3.35. The number of nitrogens with two attached hydrogens (primary N) is 1. The third-order valence-electron chi connectivity index (χ3n) is 6.29. The number of para-hydroxylation sites is 1. The van der Waals surface area contributed by atoms with Crippen molar-refractivity contribution in [3.63, 3.8) is 0 Å². The monoisotopic (exact) mass is 594 g/mol. The van der Waals surface area contributed by atoms with Gasteiger partial charge in [-0.1, -0.05) is 36.0 Å². The minimum Gasteiger partial charge on any atom is -0.497 e. The lowest BCUT2D eigenvalue weighted by Crippen LogP contribution is -2.29. The number of nitrogens with zero attached hydrogens (tertiary/aromatic N) is 1. The van der Waals surface area contributed by atoms with Gasteiger partial charge >= 0.3 is 0 Å². The predicted molar refractivity (Wildman–Crippen MR) is 171 cm³/mol. The number of thioether (sulfide) groups is 1. The summed E-state index contributed by atoms with van der Waals surface area (Å²) < 4.78 is 16.6. The zero-order valence-corrected chi connectivity index (χ0v) is 24.4. The second kappa shape index (κ2) is 13.6. The van der Waals surface area contributed by atoms with E-state index in [-0.39, 0.29) is 17.2 Å². The molecule has 5 rings (SSSR count). The van der Waals surface area contributed by atoms with Crippen LogP contribution in [0.15, 0.2) is 119 Å². The van der Waals surface area contributed by atoms with Crippen LogP contribution in [-0.4, -0.2) is 35.8 Å². The van der Waals surface area contributed by atoms with E-state index in [1.807, 2.05) is 37.3 Å². The van der Waals surface area contributed by atoms with E-state index in [1.165, 1.54) is 0 Å². The van der Waals surface area contributed by atoms with Gasteiger partial charge < -0.3 is 30.6 Å². The van der Waals surface area contributed by atoms with Crippen LogP contribution >= 0.6 is 11.8 Å². The van der Waals surface area contributed by atoms with Crippen LogP contribution in [0.4, 0.5) is 17.1 Å². The lowest BCUT2D eigenvalue weighted by molar-refractivity contribution is -0.115. The average molecular weight is 595 g/mol. The first-order chi connectivity index (χ1) is 20.9. The Morgan fingerprint density at radius 2 is 1.49 bits per heavy atom. The van der Waals surface area contributed by atoms with Crippen LogP contribution in [-0.2, 0) is 9.59 Å². The summed E-state index contributed by atoms with van der Waals surface area (Å²) >= 11 is 1.11. The second-order valence-corrected chi connectivity index (χ2v) is 10.4. The standard InChI is InChI=1S/C33H30N4O5S/c1-3-41-24-16-12-22(13-17-24)37-33-28(31(38)36-23-8-7-11-27(20-23)40-2)29(34)30(43-33)32(39)35-21-14-18-26(19-15-21)42-25-9-5-4-6-10-25/h4-20,30H,3,34H2,1-2H3,(H,35,39)(H,36,38). The van der Waals surface area contributed by atoms with Crippen molar-refractivity contribution in [1.29, 1.82) is 0 Å². The van der Waals surface area contributed by atoms with Crippen LogP contribution in [0.2, 0.25) is 0 Å². The Morgan fingerprint density at radius 3 is 2.19 bits per heavy atom. The number of rotatable bonds is 10. The van der Waals surface area contributed by atoms with E-state index in [0.29, 0.717) is 51.7 Å². The lowest BCUT2D eigenvalue weighted by atomic mass is 10.1. The highest BCUT2D eigenvalue weighted by molar-refractivity contribution is 8.16. The first-order valence-corrected chi connectivity index (χ1v) is 14.4. The number of methoxy groups -OCH3 is 1. The minimum absolute atomic E-state index is 0.108. The zero-order chi connectivity index (χ0) is 30.2. The highest BCUT2D eigenvalue weighted by atomic mass is 32.2. The summed E-state index contributed by atoms with van der Waals surface area (Å²) in [6.45, 7) is 2.44. The minimum atomic E-state index is -0.882. The third kappa shape index (κ3) is 7.35. The van der Waals surface area contributed by atoms with Crippen LogP contribution in [0.1, 0.15) is 6.92 Å². The molecule has 1 aliphatic rings. The van der Waals surface area contributed by atoms with Crippen molar-refractivity contribution in [2.24, 2.45) is 10.7 Å². The van der Waals surface area contributed by atoms with Crippen LogP contribution in [0, 0.1) is 0 Å². The SMILES string of the molecule is CCOc1ccc(N=C2SC(C(=O)Nc3ccc(Oc4ccccc4)cc3)C(N)=C2C(=O)Nc2cccc(OC)c2)cc1. The molecule has 1 heterocycles. The van der Waals surface area contributed by atoms with Crippen molar-refractivity contribution in [3.8, 4) is 23.0 Å². The Balaban J connectivity index is 1.37. The molecule has 10 heteroatoms. The smallest absolute Gasteiger partial charge is 0.260 e. The van der Waals surface area contributed by atoms with E-state index in [2.05, 4.69) is 15.6 Å². The fourth-order valence-electron chi connectivity index (χ4n) is 4.23. The first-order valence-electron chi connectivity index (χ1n) is 13.5. The van der Waals surface area contributed by atoms with Gasteiger partial charge in [0.05, 0.1) is 25.0 Å². The number of carbonyl (C=O) groups is 2. The van der Waals surface area contributed by atoms with E-state index in [1.54, 1.807) is 79.9 Å². The molecule has 0 aliphatic carbocycles. The Hall–Kier alpha value is -5.22. The van der Waals surface area contributed by atoms with Gasteiger partial charge in [-0.2, -0.15) is 0 Å². The van der Waals surface area contributed by atoms with Gasteiger partial charge in [-0.3, -0.25) is 9.59 Å². The summed E-state index contributed by atoms with van der Waals surface area (Å²) in [6.07, 6.45) is 0. The highest BCUT2D eigenvalue weighted by Crippen LogP contribution is 2.36. The van der Waals surface area contributed by atoms with Crippen molar-refractivity contribution in [2.75, 3.05) is 24.4 Å². The maximum absolute atomic E-state index is 13.5. The van der Waals surface area contributed by atoms with Gasteiger partial charge in [0.25, 0.3) is 5.91 Å². The van der Waals surface area contributed by atoms with Crippen molar-refractivity contribution in [2.45, 2.75) is 12.2 Å². The molecule has 9 nitrogen and oxygen atoms in total. The van der Waals surface area contributed by atoms with Crippen LogP contribution in [0.25, 0.3) is 0 Å². The Morgan fingerprint density at radius 1 is 0.814 bits per heavy atom. The van der Waals surface area contributed by atoms with Crippen LogP contribution in [0.5, 0.6) is 23.0 Å². The van der Waals surface area contributed by atoms with E-state index < -0.39 is 11.2 Å². The Labute approximate surface area is 253 Å². The van der Waals surface area contributed by atoms with Gasteiger partial charge in [-0.25, -0.2) is 4.99 Å². The van der Waals surface area contributed by atoms with Crippen molar-refractivity contribution in [3.05, 3.63) is 114 Å². The van der Waals surface area contributed by atoms with Gasteiger partial charge in [0.1, 0.15) is 33.3 Å². The molecule has 0 saturated heterocycles. The number of amides is 2. The van der Waals surface area contributed by atoms with Crippen molar-refractivity contribution < 1.29 is 23.8 Å². The summed E-state index contributed by atoms with van der Waals surface area (Å²) in [5.41, 5.74) is 8.39. The number of ether oxygens (including phenoxy) is 3. The number of hydrogen-bond acceptors (Lipinski definition) is 8. The van der Waals surface area contributed by atoms with Gasteiger partial charge in [0.2, 0.25) is 5.91 Å². The molecule has 0 saturated carbocycles.